The second-order valence-electron chi connectivity index (χ2n) is 8.55. The molecule has 6 nitrogen and oxygen atoms in total. The number of aliphatic imine (C=N–C) groups is 1. The van der Waals surface area contributed by atoms with Crippen molar-refractivity contribution in [2.45, 2.75) is 42.9 Å². The molecule has 1 aromatic carbocycles. The van der Waals surface area contributed by atoms with E-state index >= 15 is 0 Å². The summed E-state index contributed by atoms with van der Waals surface area (Å²) in [6, 6.07) is 8.37. The van der Waals surface area contributed by atoms with Gasteiger partial charge in [0.2, 0.25) is 0 Å². The molecule has 0 bridgehead atoms. The Morgan fingerprint density at radius 1 is 1.14 bits per heavy atom. The maximum absolute atomic E-state index is 6.47. The van der Waals surface area contributed by atoms with Crippen LogP contribution in [0.3, 0.4) is 0 Å². The molecule has 0 amide bonds. The fourth-order valence-electron chi connectivity index (χ4n) is 5.46. The van der Waals surface area contributed by atoms with Crippen LogP contribution in [-0.4, -0.2) is 35.9 Å². The molecule has 150 valence electrons. The largest absolute Gasteiger partial charge is 0.490 e. The summed E-state index contributed by atoms with van der Waals surface area (Å²) in [6.07, 6.45) is 7.55. The third-order valence-corrected chi connectivity index (χ3v) is 7.22. The van der Waals surface area contributed by atoms with Crippen molar-refractivity contribution in [1.29, 1.82) is 0 Å². The van der Waals surface area contributed by atoms with Gasteiger partial charge in [-0.25, -0.2) is 4.99 Å². The lowest BCUT2D eigenvalue weighted by atomic mass is 9.62. The van der Waals surface area contributed by atoms with Crippen LogP contribution < -0.4 is 10.5 Å². The fraction of sp³-hybridized carbons (Fsp3) is 0.455. The van der Waals surface area contributed by atoms with Crippen LogP contribution in [0.2, 0.25) is 5.02 Å². The van der Waals surface area contributed by atoms with Gasteiger partial charge in [-0.15, -0.1) is 0 Å². The van der Waals surface area contributed by atoms with Crippen LogP contribution in [0.4, 0.5) is 0 Å². The van der Waals surface area contributed by atoms with E-state index in [0.717, 1.165) is 54.7 Å². The Morgan fingerprint density at radius 2 is 2.03 bits per heavy atom. The highest BCUT2D eigenvalue weighted by Gasteiger charge is 2.59. The Balaban J connectivity index is 1.49. The SMILES string of the molecule is NC1=NC2(CO1)c1cc(-c3cncc(Cl)c3)ccc1OC1CCC3(CCO3)CC12. The molecule has 4 heterocycles. The van der Waals surface area contributed by atoms with E-state index in [1.54, 1.807) is 6.20 Å². The molecule has 4 atom stereocenters. The lowest BCUT2D eigenvalue weighted by molar-refractivity contribution is -0.197. The van der Waals surface area contributed by atoms with Crippen molar-refractivity contribution in [3.63, 3.8) is 0 Å². The molecule has 2 N–H and O–H groups in total. The lowest BCUT2D eigenvalue weighted by Crippen LogP contribution is -2.58. The van der Waals surface area contributed by atoms with Crippen molar-refractivity contribution >= 4 is 17.6 Å². The fourth-order valence-corrected chi connectivity index (χ4v) is 5.64. The van der Waals surface area contributed by atoms with Crippen LogP contribution in [0.1, 0.15) is 31.2 Å². The van der Waals surface area contributed by atoms with E-state index in [0.29, 0.717) is 11.6 Å². The highest BCUT2D eigenvalue weighted by Crippen LogP contribution is 2.56. The summed E-state index contributed by atoms with van der Waals surface area (Å²) in [4.78, 5) is 9.10. The van der Waals surface area contributed by atoms with E-state index in [-0.39, 0.29) is 23.6 Å². The van der Waals surface area contributed by atoms with Crippen molar-refractivity contribution in [3.05, 3.63) is 47.2 Å². The van der Waals surface area contributed by atoms with Gasteiger partial charge in [0.1, 0.15) is 24.0 Å². The number of rotatable bonds is 1. The summed E-state index contributed by atoms with van der Waals surface area (Å²) in [5, 5.41) is 0.606. The molecule has 1 saturated heterocycles. The van der Waals surface area contributed by atoms with E-state index in [1.807, 2.05) is 24.4 Å². The first kappa shape index (κ1) is 17.5. The maximum Gasteiger partial charge on any atom is 0.283 e. The summed E-state index contributed by atoms with van der Waals surface area (Å²) >= 11 is 6.16. The maximum atomic E-state index is 6.47. The molecule has 2 spiro atoms. The average molecular weight is 412 g/mol. The molecular formula is C22H22ClN3O3. The van der Waals surface area contributed by atoms with Crippen LogP contribution in [0.25, 0.3) is 11.1 Å². The molecular weight excluding hydrogens is 390 g/mol. The molecule has 2 aromatic rings. The topological polar surface area (TPSA) is 79.0 Å². The number of ether oxygens (including phenoxy) is 3. The molecule has 4 aliphatic rings. The van der Waals surface area contributed by atoms with E-state index in [4.69, 9.17) is 36.5 Å². The van der Waals surface area contributed by atoms with Crippen LogP contribution >= 0.6 is 11.6 Å². The van der Waals surface area contributed by atoms with Gasteiger partial charge in [-0.1, -0.05) is 17.7 Å². The molecule has 3 aliphatic heterocycles. The number of fused-ring (bicyclic) bond motifs is 4. The smallest absolute Gasteiger partial charge is 0.283 e. The van der Waals surface area contributed by atoms with Crippen molar-refractivity contribution in [1.82, 2.24) is 4.98 Å². The highest BCUT2D eigenvalue weighted by molar-refractivity contribution is 6.30. The zero-order valence-corrected chi connectivity index (χ0v) is 16.7. The summed E-state index contributed by atoms with van der Waals surface area (Å²) in [5.74, 6) is 1.02. The van der Waals surface area contributed by atoms with E-state index in [9.17, 15) is 0 Å². The number of nitrogens with two attached hydrogens (primary N) is 1. The first-order valence-corrected chi connectivity index (χ1v) is 10.5. The van der Waals surface area contributed by atoms with Gasteiger partial charge < -0.3 is 19.9 Å². The summed E-state index contributed by atoms with van der Waals surface area (Å²) < 4.78 is 18.2. The quantitative estimate of drug-likeness (QED) is 0.774. The summed E-state index contributed by atoms with van der Waals surface area (Å²) in [7, 11) is 0. The van der Waals surface area contributed by atoms with Crippen LogP contribution in [0, 0.1) is 5.92 Å². The van der Waals surface area contributed by atoms with E-state index in [2.05, 4.69) is 11.1 Å². The molecule has 1 saturated carbocycles. The molecule has 1 aromatic heterocycles. The Morgan fingerprint density at radius 3 is 2.76 bits per heavy atom. The highest BCUT2D eigenvalue weighted by atomic mass is 35.5. The molecule has 0 radical (unpaired) electrons. The number of pyridine rings is 1. The number of aromatic nitrogens is 1. The van der Waals surface area contributed by atoms with E-state index in [1.165, 1.54) is 0 Å². The van der Waals surface area contributed by atoms with Gasteiger partial charge in [0.15, 0.2) is 0 Å². The number of halogens is 1. The average Bonchev–Trinajstić information content (AvgIpc) is 3.09. The third-order valence-electron chi connectivity index (χ3n) is 7.02. The molecule has 1 aliphatic carbocycles. The van der Waals surface area contributed by atoms with E-state index < -0.39 is 5.54 Å². The number of benzene rings is 1. The van der Waals surface area contributed by atoms with Gasteiger partial charge >= 0.3 is 0 Å². The predicted octanol–water partition coefficient (Wildman–Crippen LogP) is 3.66. The molecule has 29 heavy (non-hydrogen) atoms. The molecule has 4 unspecified atom stereocenters. The number of nitrogens with zero attached hydrogens (tertiary/aromatic N) is 2. The monoisotopic (exact) mass is 411 g/mol. The molecule has 2 fully saturated rings. The first-order valence-electron chi connectivity index (χ1n) is 10.1. The zero-order chi connectivity index (χ0) is 19.6. The minimum Gasteiger partial charge on any atom is -0.490 e. The van der Waals surface area contributed by atoms with Gasteiger partial charge in [-0.3, -0.25) is 4.98 Å². The van der Waals surface area contributed by atoms with Gasteiger partial charge in [0.05, 0.1) is 17.2 Å². The van der Waals surface area contributed by atoms with Crippen molar-refractivity contribution < 1.29 is 14.2 Å². The Bertz CT molecular complexity index is 1020. The van der Waals surface area contributed by atoms with Crippen LogP contribution in [0.15, 0.2) is 41.7 Å². The minimum absolute atomic E-state index is 0.0314. The zero-order valence-electron chi connectivity index (χ0n) is 15.9. The van der Waals surface area contributed by atoms with Crippen LogP contribution in [-0.2, 0) is 15.0 Å². The van der Waals surface area contributed by atoms with Gasteiger partial charge in [0, 0.05) is 29.4 Å². The third kappa shape index (κ3) is 2.58. The Labute approximate surface area is 174 Å². The van der Waals surface area contributed by atoms with Gasteiger partial charge in [-0.05, 0) is 49.4 Å². The standard InChI is InChI=1S/C22H22ClN3O3/c23-15-7-14(10-25-11-15)13-1-2-18-16(8-13)22(12-27-20(24)26-22)17-9-21(5-6-28-21)4-3-19(17)29-18/h1-2,7-8,10-11,17,19H,3-6,9,12H2,(H2,24,26). The van der Waals surface area contributed by atoms with Crippen molar-refractivity contribution in [2.75, 3.05) is 13.2 Å². The molecule has 6 rings (SSSR count). The van der Waals surface area contributed by atoms with Gasteiger partial charge in [0.25, 0.3) is 6.02 Å². The number of hydrogen-bond acceptors (Lipinski definition) is 6. The summed E-state index contributed by atoms with van der Waals surface area (Å²) in [5.41, 5.74) is 8.45. The first-order chi connectivity index (χ1) is 14.1. The second kappa shape index (κ2) is 6.09. The normalized spacial score (nSPS) is 34.6. The van der Waals surface area contributed by atoms with Gasteiger partial charge in [-0.2, -0.15) is 0 Å². The number of hydrogen-bond donors (Lipinski definition) is 1. The lowest BCUT2D eigenvalue weighted by Gasteiger charge is -2.54. The summed E-state index contributed by atoms with van der Waals surface area (Å²) in [6.45, 7) is 1.28. The minimum atomic E-state index is -0.545. The van der Waals surface area contributed by atoms with Crippen molar-refractivity contribution in [2.24, 2.45) is 16.6 Å². The molecule has 7 heteroatoms. The van der Waals surface area contributed by atoms with Crippen molar-refractivity contribution in [3.8, 4) is 16.9 Å². The Kier molecular flexibility index (Phi) is 3.69. The predicted molar refractivity (Wildman–Crippen MR) is 109 cm³/mol. The number of amidine groups is 1. The second-order valence-corrected chi connectivity index (χ2v) is 8.99. The van der Waals surface area contributed by atoms with Crippen LogP contribution in [0.5, 0.6) is 5.75 Å². The Hall–Kier alpha value is -2.31.